The van der Waals surface area contributed by atoms with Crippen molar-refractivity contribution >= 4 is 17.6 Å². The lowest BCUT2D eigenvalue weighted by molar-refractivity contribution is -0.123. The minimum atomic E-state index is -1.03. The molecule has 1 N–H and O–H groups in total. The SMILES string of the molecule is COc1ccc(C(=O)O[C@@H](C)C(=O)Nc2ccccc2C(C)C)cc1F. The van der Waals surface area contributed by atoms with Crippen LogP contribution in [0.4, 0.5) is 10.1 Å². The number of hydrogen-bond donors (Lipinski definition) is 1. The fourth-order valence-corrected chi connectivity index (χ4v) is 2.42. The van der Waals surface area contributed by atoms with Crippen molar-refractivity contribution in [2.24, 2.45) is 0 Å². The topological polar surface area (TPSA) is 64.6 Å². The Morgan fingerprint density at radius 1 is 1.08 bits per heavy atom. The van der Waals surface area contributed by atoms with Crippen molar-refractivity contribution in [3.8, 4) is 5.75 Å². The maximum atomic E-state index is 13.7. The highest BCUT2D eigenvalue weighted by Crippen LogP contribution is 2.24. The summed E-state index contributed by atoms with van der Waals surface area (Å²) in [6.45, 7) is 5.50. The summed E-state index contributed by atoms with van der Waals surface area (Å²) in [6.07, 6.45) is -1.03. The summed E-state index contributed by atoms with van der Waals surface area (Å²) in [5.74, 6) is -1.67. The lowest BCUT2D eigenvalue weighted by atomic mass is 10.0. The summed E-state index contributed by atoms with van der Waals surface area (Å²) in [5, 5.41) is 2.77. The zero-order chi connectivity index (χ0) is 19.3. The van der Waals surface area contributed by atoms with E-state index in [2.05, 4.69) is 5.32 Å². The number of halogens is 1. The molecule has 0 heterocycles. The first-order valence-electron chi connectivity index (χ1n) is 8.27. The van der Waals surface area contributed by atoms with E-state index in [1.807, 2.05) is 32.0 Å². The van der Waals surface area contributed by atoms with Crippen molar-refractivity contribution in [3.63, 3.8) is 0 Å². The quantitative estimate of drug-likeness (QED) is 0.787. The molecule has 2 aromatic rings. The van der Waals surface area contributed by atoms with Crippen molar-refractivity contribution in [1.82, 2.24) is 0 Å². The highest BCUT2D eigenvalue weighted by molar-refractivity contribution is 5.97. The number of rotatable bonds is 6. The molecule has 2 rings (SSSR count). The lowest BCUT2D eigenvalue weighted by Gasteiger charge is -2.17. The molecule has 0 saturated heterocycles. The van der Waals surface area contributed by atoms with Crippen LogP contribution in [0.25, 0.3) is 0 Å². The molecule has 138 valence electrons. The second-order valence-corrected chi connectivity index (χ2v) is 6.13. The minimum Gasteiger partial charge on any atom is -0.494 e. The monoisotopic (exact) mass is 359 g/mol. The smallest absolute Gasteiger partial charge is 0.339 e. The number of hydrogen-bond acceptors (Lipinski definition) is 4. The van der Waals surface area contributed by atoms with Crippen LogP contribution < -0.4 is 10.1 Å². The first-order valence-corrected chi connectivity index (χ1v) is 8.27. The molecule has 0 unspecified atom stereocenters. The standard InChI is InChI=1S/C20H22FNO4/c1-12(2)15-7-5-6-8-17(15)22-19(23)13(3)26-20(24)14-9-10-18(25-4)16(21)11-14/h5-13H,1-4H3,(H,22,23)/t13-/m0/s1. The molecule has 26 heavy (non-hydrogen) atoms. The minimum absolute atomic E-state index is 0.00512. The lowest BCUT2D eigenvalue weighted by Crippen LogP contribution is -2.30. The Kier molecular flexibility index (Phi) is 6.33. The number of benzene rings is 2. The Balaban J connectivity index is 2.05. The molecule has 1 atom stereocenters. The zero-order valence-corrected chi connectivity index (χ0v) is 15.2. The number of para-hydroxylation sites is 1. The van der Waals surface area contributed by atoms with Crippen LogP contribution in [0.15, 0.2) is 42.5 Å². The molecule has 0 fully saturated rings. The first-order chi connectivity index (χ1) is 12.3. The molecule has 5 nitrogen and oxygen atoms in total. The van der Waals surface area contributed by atoms with Gasteiger partial charge >= 0.3 is 5.97 Å². The Hall–Kier alpha value is -2.89. The number of esters is 1. The highest BCUT2D eigenvalue weighted by atomic mass is 19.1. The van der Waals surface area contributed by atoms with Crippen LogP contribution in [-0.4, -0.2) is 25.1 Å². The van der Waals surface area contributed by atoms with E-state index in [4.69, 9.17) is 9.47 Å². The van der Waals surface area contributed by atoms with E-state index in [1.165, 1.54) is 26.2 Å². The molecule has 0 aliphatic rings. The number of ether oxygens (including phenoxy) is 2. The van der Waals surface area contributed by atoms with Gasteiger partial charge in [0.15, 0.2) is 17.7 Å². The third kappa shape index (κ3) is 4.59. The van der Waals surface area contributed by atoms with Gasteiger partial charge in [-0.25, -0.2) is 9.18 Å². The molecule has 0 radical (unpaired) electrons. The predicted molar refractivity (Wildman–Crippen MR) is 97.0 cm³/mol. The van der Waals surface area contributed by atoms with Gasteiger partial charge in [0, 0.05) is 5.69 Å². The van der Waals surface area contributed by atoms with Crippen LogP contribution in [0, 0.1) is 5.82 Å². The molecule has 2 aromatic carbocycles. The van der Waals surface area contributed by atoms with Gasteiger partial charge in [-0.05, 0) is 42.7 Å². The van der Waals surface area contributed by atoms with Crippen LogP contribution >= 0.6 is 0 Å². The van der Waals surface area contributed by atoms with Crippen LogP contribution in [0.1, 0.15) is 42.6 Å². The summed E-state index contributed by atoms with van der Waals surface area (Å²) < 4.78 is 23.6. The molecule has 0 saturated carbocycles. The number of carbonyl (C=O) groups excluding carboxylic acids is 2. The number of nitrogens with one attached hydrogen (secondary N) is 1. The summed E-state index contributed by atoms with van der Waals surface area (Å²) in [7, 11) is 1.33. The Bertz CT molecular complexity index is 804. The van der Waals surface area contributed by atoms with Gasteiger partial charge in [0.1, 0.15) is 0 Å². The van der Waals surface area contributed by atoms with E-state index >= 15 is 0 Å². The Labute approximate surface area is 152 Å². The van der Waals surface area contributed by atoms with Gasteiger partial charge in [0.05, 0.1) is 12.7 Å². The van der Waals surface area contributed by atoms with E-state index < -0.39 is 23.8 Å². The van der Waals surface area contributed by atoms with Crippen molar-refractivity contribution in [3.05, 3.63) is 59.4 Å². The maximum absolute atomic E-state index is 13.7. The van der Waals surface area contributed by atoms with E-state index in [0.29, 0.717) is 5.69 Å². The zero-order valence-electron chi connectivity index (χ0n) is 15.2. The summed E-state index contributed by atoms with van der Waals surface area (Å²) in [5.41, 5.74) is 1.66. The molecule has 0 aliphatic heterocycles. The number of methoxy groups -OCH3 is 1. The van der Waals surface area contributed by atoms with Gasteiger partial charge in [-0.2, -0.15) is 0 Å². The summed E-state index contributed by atoms with van der Waals surface area (Å²) >= 11 is 0. The second-order valence-electron chi connectivity index (χ2n) is 6.13. The molecule has 6 heteroatoms. The van der Waals surface area contributed by atoms with Crippen LogP contribution in [-0.2, 0) is 9.53 Å². The third-order valence-electron chi connectivity index (χ3n) is 3.88. The maximum Gasteiger partial charge on any atom is 0.339 e. The number of amides is 1. The van der Waals surface area contributed by atoms with Gasteiger partial charge in [-0.15, -0.1) is 0 Å². The Morgan fingerprint density at radius 2 is 1.77 bits per heavy atom. The van der Waals surface area contributed by atoms with E-state index in [0.717, 1.165) is 11.6 Å². The van der Waals surface area contributed by atoms with Crippen molar-refractivity contribution < 1.29 is 23.5 Å². The van der Waals surface area contributed by atoms with Gasteiger partial charge in [0.2, 0.25) is 0 Å². The molecule has 0 aliphatic carbocycles. The second kappa shape index (κ2) is 8.47. The molecule has 0 aromatic heterocycles. The van der Waals surface area contributed by atoms with Crippen molar-refractivity contribution in [1.29, 1.82) is 0 Å². The molecule has 0 bridgehead atoms. The third-order valence-corrected chi connectivity index (χ3v) is 3.88. The molecule has 0 spiro atoms. The normalized spacial score (nSPS) is 11.8. The predicted octanol–water partition coefficient (Wildman–Crippen LogP) is 4.14. The number of anilines is 1. The summed E-state index contributed by atoms with van der Waals surface area (Å²) in [6, 6.07) is 11.2. The van der Waals surface area contributed by atoms with Crippen molar-refractivity contribution in [2.45, 2.75) is 32.8 Å². The fraction of sp³-hybridized carbons (Fsp3) is 0.300. The summed E-state index contributed by atoms with van der Waals surface area (Å²) in [4.78, 5) is 24.5. The van der Waals surface area contributed by atoms with Gasteiger partial charge < -0.3 is 14.8 Å². The molecular weight excluding hydrogens is 337 g/mol. The Morgan fingerprint density at radius 3 is 2.38 bits per heavy atom. The average Bonchev–Trinajstić information content (AvgIpc) is 2.61. The fourth-order valence-electron chi connectivity index (χ4n) is 2.42. The number of carbonyl (C=O) groups is 2. The van der Waals surface area contributed by atoms with Crippen LogP contribution in [0.3, 0.4) is 0 Å². The first kappa shape index (κ1) is 19.4. The highest BCUT2D eigenvalue weighted by Gasteiger charge is 2.21. The van der Waals surface area contributed by atoms with E-state index in [9.17, 15) is 14.0 Å². The average molecular weight is 359 g/mol. The van der Waals surface area contributed by atoms with Gasteiger partial charge in [-0.3, -0.25) is 4.79 Å². The van der Waals surface area contributed by atoms with Gasteiger partial charge in [-0.1, -0.05) is 32.0 Å². The van der Waals surface area contributed by atoms with Crippen LogP contribution in [0.5, 0.6) is 5.75 Å². The van der Waals surface area contributed by atoms with Gasteiger partial charge in [0.25, 0.3) is 5.91 Å². The molecular formula is C20H22FNO4. The molecule has 1 amide bonds. The largest absolute Gasteiger partial charge is 0.494 e. The van der Waals surface area contributed by atoms with E-state index in [1.54, 1.807) is 6.07 Å². The van der Waals surface area contributed by atoms with Crippen LogP contribution in [0.2, 0.25) is 0 Å². The van der Waals surface area contributed by atoms with E-state index in [-0.39, 0.29) is 17.2 Å². The van der Waals surface area contributed by atoms with Crippen molar-refractivity contribution in [2.75, 3.05) is 12.4 Å².